The second kappa shape index (κ2) is 4.28. The molecule has 0 amide bonds. The molecule has 0 heterocycles. The normalized spacial score (nSPS) is 34.2. The number of carbonyl (C=O) groups is 1. The Balaban J connectivity index is 2.80. The first-order valence-electron chi connectivity index (χ1n) is 5.40. The van der Waals surface area contributed by atoms with E-state index >= 15 is 0 Å². The van der Waals surface area contributed by atoms with Crippen LogP contribution in [0.5, 0.6) is 0 Å². The molecular formula is C12H19NO2. The highest BCUT2D eigenvalue weighted by Crippen LogP contribution is 2.48. The van der Waals surface area contributed by atoms with Gasteiger partial charge in [-0.3, -0.25) is 0 Å². The molecule has 3 heteroatoms. The van der Waals surface area contributed by atoms with Crippen molar-refractivity contribution in [2.75, 3.05) is 6.54 Å². The van der Waals surface area contributed by atoms with E-state index in [4.69, 9.17) is 0 Å². The standard InChI is InChI=1S/C12H19NO2/c1-11(2)4-10(6-14)5-12(3,7-11)8-13-9-15/h6,10H,4-5,7-8H2,1-3H3. The van der Waals surface area contributed by atoms with Crippen LogP contribution in [0.1, 0.15) is 40.0 Å². The van der Waals surface area contributed by atoms with Gasteiger partial charge in [-0.2, -0.15) is 0 Å². The van der Waals surface area contributed by atoms with E-state index in [0.29, 0.717) is 6.54 Å². The van der Waals surface area contributed by atoms with Crippen LogP contribution in [-0.2, 0) is 9.59 Å². The molecule has 0 saturated heterocycles. The van der Waals surface area contributed by atoms with E-state index in [-0.39, 0.29) is 16.7 Å². The molecule has 1 aliphatic rings. The van der Waals surface area contributed by atoms with Gasteiger partial charge in [0.05, 0.1) is 6.54 Å². The highest BCUT2D eigenvalue weighted by atomic mass is 16.1. The summed E-state index contributed by atoms with van der Waals surface area (Å²) in [6, 6.07) is 0. The summed E-state index contributed by atoms with van der Waals surface area (Å²) in [7, 11) is 0. The maximum Gasteiger partial charge on any atom is 0.234 e. The number of isocyanates is 1. The number of rotatable bonds is 3. The molecule has 84 valence electrons. The maximum absolute atomic E-state index is 10.9. The predicted octanol–water partition coefficient (Wildman–Crippen LogP) is 2.35. The van der Waals surface area contributed by atoms with E-state index in [1.807, 2.05) is 0 Å². The summed E-state index contributed by atoms with van der Waals surface area (Å²) < 4.78 is 0. The Labute approximate surface area is 91.0 Å². The van der Waals surface area contributed by atoms with E-state index in [0.717, 1.165) is 25.5 Å². The van der Waals surface area contributed by atoms with Gasteiger partial charge in [-0.15, -0.1) is 0 Å². The molecule has 1 saturated carbocycles. The number of hydrogen-bond donors (Lipinski definition) is 0. The minimum absolute atomic E-state index is 0.0231. The average Bonchev–Trinajstić information content (AvgIpc) is 2.12. The Kier molecular flexibility index (Phi) is 3.46. The molecule has 3 nitrogen and oxygen atoms in total. The monoisotopic (exact) mass is 209 g/mol. The van der Waals surface area contributed by atoms with Crippen LogP contribution in [0.3, 0.4) is 0 Å². The van der Waals surface area contributed by atoms with Gasteiger partial charge in [-0.05, 0) is 30.1 Å². The van der Waals surface area contributed by atoms with E-state index < -0.39 is 0 Å². The van der Waals surface area contributed by atoms with Gasteiger partial charge in [0.2, 0.25) is 6.08 Å². The third-order valence-corrected chi connectivity index (χ3v) is 3.19. The van der Waals surface area contributed by atoms with Gasteiger partial charge in [-0.1, -0.05) is 20.8 Å². The first kappa shape index (κ1) is 12.1. The van der Waals surface area contributed by atoms with Crippen molar-refractivity contribution in [2.45, 2.75) is 40.0 Å². The van der Waals surface area contributed by atoms with Crippen LogP contribution in [0, 0.1) is 16.7 Å². The van der Waals surface area contributed by atoms with Crippen LogP contribution >= 0.6 is 0 Å². The van der Waals surface area contributed by atoms with Crippen LogP contribution < -0.4 is 0 Å². The highest BCUT2D eigenvalue weighted by Gasteiger charge is 2.40. The maximum atomic E-state index is 10.9. The van der Waals surface area contributed by atoms with Gasteiger partial charge in [0.25, 0.3) is 0 Å². The van der Waals surface area contributed by atoms with Crippen molar-refractivity contribution in [3.63, 3.8) is 0 Å². The first-order valence-corrected chi connectivity index (χ1v) is 5.40. The molecule has 0 radical (unpaired) electrons. The van der Waals surface area contributed by atoms with Crippen LogP contribution in [0.4, 0.5) is 0 Å². The lowest BCUT2D eigenvalue weighted by molar-refractivity contribution is -0.115. The summed E-state index contributed by atoms with van der Waals surface area (Å²) >= 11 is 0. The Hall–Kier alpha value is -0.950. The summed E-state index contributed by atoms with van der Waals surface area (Å²) in [5.41, 5.74) is 0.141. The molecule has 2 unspecified atom stereocenters. The zero-order chi connectivity index (χ0) is 11.5. The average molecular weight is 209 g/mol. The van der Waals surface area contributed by atoms with Crippen molar-refractivity contribution in [2.24, 2.45) is 21.7 Å². The van der Waals surface area contributed by atoms with Crippen LogP contribution in [-0.4, -0.2) is 18.9 Å². The fourth-order valence-electron chi connectivity index (χ4n) is 3.15. The number of aldehydes is 1. The predicted molar refractivity (Wildman–Crippen MR) is 58.3 cm³/mol. The quantitative estimate of drug-likeness (QED) is 0.407. The second-order valence-electron chi connectivity index (χ2n) is 5.86. The summed E-state index contributed by atoms with van der Waals surface area (Å²) in [6.07, 6.45) is 5.42. The Morgan fingerprint density at radius 3 is 2.60 bits per heavy atom. The molecule has 1 aliphatic carbocycles. The Morgan fingerprint density at radius 1 is 1.40 bits per heavy atom. The van der Waals surface area contributed by atoms with Crippen molar-refractivity contribution in [3.8, 4) is 0 Å². The minimum atomic E-state index is -0.0231. The second-order valence-corrected chi connectivity index (χ2v) is 5.86. The molecule has 1 fully saturated rings. The molecule has 0 N–H and O–H groups in total. The smallest absolute Gasteiger partial charge is 0.234 e. The van der Waals surface area contributed by atoms with Gasteiger partial charge >= 0.3 is 0 Å². The molecule has 0 aliphatic heterocycles. The van der Waals surface area contributed by atoms with Gasteiger partial charge < -0.3 is 4.79 Å². The van der Waals surface area contributed by atoms with Crippen molar-refractivity contribution in [1.29, 1.82) is 0 Å². The summed E-state index contributed by atoms with van der Waals surface area (Å²) in [6.45, 7) is 6.94. The largest absolute Gasteiger partial charge is 0.303 e. The number of carbonyl (C=O) groups excluding carboxylic acids is 2. The van der Waals surface area contributed by atoms with E-state index in [2.05, 4.69) is 25.8 Å². The van der Waals surface area contributed by atoms with E-state index in [1.54, 1.807) is 6.08 Å². The Bertz CT molecular complexity index is 292. The van der Waals surface area contributed by atoms with Gasteiger partial charge in [0.1, 0.15) is 6.29 Å². The molecule has 0 spiro atoms. The van der Waals surface area contributed by atoms with Crippen LogP contribution in [0.15, 0.2) is 4.99 Å². The lowest BCUT2D eigenvalue weighted by Crippen LogP contribution is -2.38. The number of hydrogen-bond acceptors (Lipinski definition) is 3. The van der Waals surface area contributed by atoms with Gasteiger partial charge in [0.15, 0.2) is 0 Å². The van der Waals surface area contributed by atoms with Crippen molar-refractivity contribution >= 4 is 12.4 Å². The van der Waals surface area contributed by atoms with E-state index in [9.17, 15) is 9.59 Å². The summed E-state index contributed by atoms with van der Waals surface area (Å²) in [5, 5.41) is 0. The number of aliphatic imine (C=N–C) groups is 1. The van der Waals surface area contributed by atoms with E-state index in [1.165, 1.54) is 0 Å². The molecule has 0 aromatic rings. The van der Waals surface area contributed by atoms with Crippen molar-refractivity contribution < 1.29 is 9.59 Å². The third kappa shape index (κ3) is 3.28. The Morgan fingerprint density at radius 2 is 2.07 bits per heavy atom. The topological polar surface area (TPSA) is 46.5 Å². The van der Waals surface area contributed by atoms with Crippen LogP contribution in [0.2, 0.25) is 0 Å². The lowest BCUT2D eigenvalue weighted by atomic mass is 9.61. The molecule has 0 bridgehead atoms. The van der Waals surface area contributed by atoms with Crippen molar-refractivity contribution in [3.05, 3.63) is 0 Å². The third-order valence-electron chi connectivity index (χ3n) is 3.19. The fraction of sp³-hybridized carbons (Fsp3) is 0.833. The highest BCUT2D eigenvalue weighted by molar-refractivity contribution is 5.54. The molecule has 1 rings (SSSR count). The summed E-state index contributed by atoms with van der Waals surface area (Å²) in [5.74, 6) is 0.112. The lowest BCUT2D eigenvalue weighted by Gasteiger charge is -2.44. The number of nitrogens with zero attached hydrogens (tertiary/aromatic N) is 1. The van der Waals surface area contributed by atoms with Crippen LogP contribution in [0.25, 0.3) is 0 Å². The zero-order valence-corrected chi connectivity index (χ0v) is 9.75. The minimum Gasteiger partial charge on any atom is -0.303 e. The molecular weight excluding hydrogens is 190 g/mol. The molecule has 0 aromatic carbocycles. The molecule has 15 heavy (non-hydrogen) atoms. The first-order chi connectivity index (χ1) is 6.91. The molecule has 0 aromatic heterocycles. The zero-order valence-electron chi connectivity index (χ0n) is 9.75. The molecule has 2 atom stereocenters. The summed E-state index contributed by atoms with van der Waals surface area (Å²) in [4.78, 5) is 24.7. The van der Waals surface area contributed by atoms with Gasteiger partial charge in [0, 0.05) is 5.92 Å². The van der Waals surface area contributed by atoms with Gasteiger partial charge in [-0.25, -0.2) is 9.79 Å². The fourth-order valence-corrected chi connectivity index (χ4v) is 3.15. The SMILES string of the molecule is CC1(C)CC(C=O)CC(C)(CN=C=O)C1. The van der Waals surface area contributed by atoms with Crippen molar-refractivity contribution in [1.82, 2.24) is 0 Å².